The fraction of sp³-hybridized carbons (Fsp3) is 0.833. The zero-order valence-corrected chi connectivity index (χ0v) is 12.9. The van der Waals surface area contributed by atoms with Crippen LogP contribution in [0.4, 0.5) is 0 Å². The van der Waals surface area contributed by atoms with Crippen LogP contribution in [-0.2, 0) is 19.6 Å². The van der Waals surface area contributed by atoms with Gasteiger partial charge in [-0.3, -0.25) is 4.79 Å². The van der Waals surface area contributed by atoms with Crippen LogP contribution in [0.15, 0.2) is 0 Å². The van der Waals surface area contributed by atoms with E-state index in [9.17, 15) is 18.0 Å². The summed E-state index contributed by atoms with van der Waals surface area (Å²) in [5.74, 6) is -1.99. The molecule has 2 atom stereocenters. The molecule has 0 saturated carbocycles. The summed E-state index contributed by atoms with van der Waals surface area (Å²) in [6, 6.07) is 0. The summed E-state index contributed by atoms with van der Waals surface area (Å²) in [4.78, 5) is 23.3. The molecular formula is C12H22N2O5S. The monoisotopic (exact) mass is 306 g/mol. The van der Waals surface area contributed by atoms with Crippen LogP contribution < -0.4 is 5.32 Å². The highest BCUT2D eigenvalue weighted by molar-refractivity contribution is 7.88. The molecule has 0 bridgehead atoms. The van der Waals surface area contributed by atoms with Gasteiger partial charge in [-0.2, -0.15) is 0 Å². The van der Waals surface area contributed by atoms with E-state index in [1.54, 1.807) is 6.92 Å². The second kappa shape index (κ2) is 6.09. The van der Waals surface area contributed by atoms with Crippen molar-refractivity contribution in [3.8, 4) is 0 Å². The van der Waals surface area contributed by atoms with E-state index in [4.69, 9.17) is 5.11 Å². The molecule has 7 nitrogen and oxygen atoms in total. The van der Waals surface area contributed by atoms with Gasteiger partial charge in [0.1, 0.15) is 5.54 Å². The van der Waals surface area contributed by atoms with E-state index in [0.717, 1.165) is 6.26 Å². The van der Waals surface area contributed by atoms with Gasteiger partial charge in [-0.15, -0.1) is 0 Å². The third-order valence-corrected chi connectivity index (χ3v) is 5.07. The standard InChI is InChI=1S/C12H22N2O5S/c1-4-12(2,11(16)17)13-10(15)9-6-5-7-14(8-9)20(3,18)19/h9H,4-8H2,1-3H3,(H,13,15)(H,16,17). The van der Waals surface area contributed by atoms with Gasteiger partial charge < -0.3 is 10.4 Å². The number of rotatable bonds is 5. The predicted octanol–water partition coefficient (Wildman–Crippen LogP) is 0.0275. The van der Waals surface area contributed by atoms with Crippen LogP contribution in [0.3, 0.4) is 0 Å². The van der Waals surface area contributed by atoms with Gasteiger partial charge in [0.25, 0.3) is 0 Å². The molecule has 2 unspecified atom stereocenters. The minimum Gasteiger partial charge on any atom is -0.480 e. The highest BCUT2D eigenvalue weighted by Gasteiger charge is 2.37. The number of carboxylic acid groups (broad SMARTS) is 1. The predicted molar refractivity (Wildman–Crippen MR) is 73.6 cm³/mol. The van der Waals surface area contributed by atoms with Crippen LogP contribution in [0.5, 0.6) is 0 Å². The van der Waals surface area contributed by atoms with E-state index >= 15 is 0 Å². The Kier molecular flexibility index (Phi) is 5.15. The van der Waals surface area contributed by atoms with E-state index < -0.39 is 33.4 Å². The number of amides is 1. The smallest absolute Gasteiger partial charge is 0.329 e. The third kappa shape index (κ3) is 3.92. The molecule has 0 aromatic heterocycles. The van der Waals surface area contributed by atoms with Gasteiger partial charge in [0.15, 0.2) is 0 Å². The van der Waals surface area contributed by atoms with Crippen molar-refractivity contribution in [2.75, 3.05) is 19.3 Å². The molecule has 1 aliphatic rings. The maximum Gasteiger partial charge on any atom is 0.329 e. The van der Waals surface area contributed by atoms with Crippen molar-refractivity contribution < 1.29 is 23.1 Å². The quantitative estimate of drug-likeness (QED) is 0.745. The Labute approximate surface area is 119 Å². The molecule has 2 N–H and O–H groups in total. The van der Waals surface area contributed by atoms with E-state index in [-0.39, 0.29) is 13.0 Å². The number of carbonyl (C=O) groups excluding carboxylic acids is 1. The number of nitrogens with one attached hydrogen (secondary N) is 1. The molecule has 0 aromatic carbocycles. The lowest BCUT2D eigenvalue weighted by Gasteiger charge is -2.33. The number of nitrogens with zero attached hydrogens (tertiary/aromatic N) is 1. The summed E-state index contributed by atoms with van der Waals surface area (Å²) in [5, 5.41) is 11.7. The lowest BCUT2D eigenvalue weighted by molar-refractivity contribution is -0.147. The van der Waals surface area contributed by atoms with Crippen LogP contribution in [0.25, 0.3) is 0 Å². The first kappa shape index (κ1) is 16.9. The lowest BCUT2D eigenvalue weighted by atomic mass is 9.94. The Hall–Kier alpha value is -1.15. The Morgan fingerprint density at radius 3 is 2.50 bits per heavy atom. The maximum absolute atomic E-state index is 12.2. The average molecular weight is 306 g/mol. The van der Waals surface area contributed by atoms with Crippen molar-refractivity contribution in [1.82, 2.24) is 9.62 Å². The van der Waals surface area contributed by atoms with Crippen molar-refractivity contribution in [1.29, 1.82) is 0 Å². The Morgan fingerprint density at radius 1 is 1.45 bits per heavy atom. The van der Waals surface area contributed by atoms with Crippen molar-refractivity contribution in [3.63, 3.8) is 0 Å². The largest absolute Gasteiger partial charge is 0.480 e. The number of piperidine rings is 1. The molecule has 0 aliphatic carbocycles. The van der Waals surface area contributed by atoms with Crippen molar-refractivity contribution in [2.45, 2.75) is 38.6 Å². The first-order chi connectivity index (χ1) is 9.10. The van der Waals surface area contributed by atoms with Crippen LogP contribution in [0.1, 0.15) is 33.1 Å². The number of carboxylic acids is 1. The zero-order valence-electron chi connectivity index (χ0n) is 12.0. The fourth-order valence-corrected chi connectivity index (χ4v) is 3.04. The summed E-state index contributed by atoms with van der Waals surface area (Å²) < 4.78 is 24.3. The molecule has 0 aromatic rings. The van der Waals surface area contributed by atoms with Crippen LogP contribution in [0, 0.1) is 5.92 Å². The molecule has 116 valence electrons. The lowest BCUT2D eigenvalue weighted by Crippen LogP contribution is -2.55. The number of hydrogen-bond acceptors (Lipinski definition) is 4. The molecule has 20 heavy (non-hydrogen) atoms. The minimum absolute atomic E-state index is 0.115. The van der Waals surface area contributed by atoms with Gasteiger partial charge in [-0.1, -0.05) is 6.92 Å². The molecule has 0 radical (unpaired) electrons. The maximum atomic E-state index is 12.2. The number of carbonyl (C=O) groups is 2. The van der Waals surface area contributed by atoms with E-state index in [1.807, 2.05) is 0 Å². The second-order valence-corrected chi connectivity index (χ2v) is 7.42. The van der Waals surface area contributed by atoms with Gasteiger partial charge in [-0.25, -0.2) is 17.5 Å². The Morgan fingerprint density at radius 2 is 2.05 bits per heavy atom. The van der Waals surface area contributed by atoms with Gasteiger partial charge >= 0.3 is 5.97 Å². The van der Waals surface area contributed by atoms with Crippen LogP contribution in [0.2, 0.25) is 0 Å². The molecule has 1 aliphatic heterocycles. The Bertz CT molecular complexity index is 490. The molecule has 1 saturated heterocycles. The van der Waals surface area contributed by atoms with Crippen molar-refractivity contribution in [2.24, 2.45) is 5.92 Å². The van der Waals surface area contributed by atoms with Crippen LogP contribution >= 0.6 is 0 Å². The third-order valence-electron chi connectivity index (χ3n) is 3.80. The summed E-state index contributed by atoms with van der Waals surface area (Å²) in [5.41, 5.74) is -1.32. The van der Waals surface area contributed by atoms with Gasteiger partial charge in [0.2, 0.25) is 15.9 Å². The number of aliphatic carboxylic acids is 1. The van der Waals surface area contributed by atoms with E-state index in [0.29, 0.717) is 19.4 Å². The highest BCUT2D eigenvalue weighted by Crippen LogP contribution is 2.20. The molecule has 1 amide bonds. The molecule has 0 spiro atoms. The molecule has 1 rings (SSSR count). The summed E-state index contributed by atoms with van der Waals surface area (Å²) in [6.45, 7) is 3.65. The normalized spacial score (nSPS) is 23.9. The van der Waals surface area contributed by atoms with Crippen molar-refractivity contribution in [3.05, 3.63) is 0 Å². The molecular weight excluding hydrogens is 284 g/mol. The van der Waals surface area contributed by atoms with E-state index in [2.05, 4.69) is 5.32 Å². The summed E-state index contributed by atoms with van der Waals surface area (Å²) >= 11 is 0. The van der Waals surface area contributed by atoms with Gasteiger partial charge in [-0.05, 0) is 26.2 Å². The second-order valence-electron chi connectivity index (χ2n) is 5.44. The SMILES string of the molecule is CCC(C)(NC(=O)C1CCCN(S(C)(=O)=O)C1)C(=O)O. The first-order valence-electron chi connectivity index (χ1n) is 6.60. The number of sulfonamides is 1. The molecule has 1 fully saturated rings. The van der Waals surface area contributed by atoms with Gasteiger partial charge in [0, 0.05) is 13.1 Å². The van der Waals surface area contributed by atoms with Crippen LogP contribution in [-0.4, -0.2) is 54.6 Å². The fourth-order valence-electron chi connectivity index (χ4n) is 2.12. The highest BCUT2D eigenvalue weighted by atomic mass is 32.2. The molecule has 1 heterocycles. The average Bonchev–Trinajstić information content (AvgIpc) is 2.37. The summed E-state index contributed by atoms with van der Waals surface area (Å²) in [6.07, 6.45) is 2.54. The van der Waals surface area contributed by atoms with E-state index in [1.165, 1.54) is 11.2 Å². The van der Waals surface area contributed by atoms with Gasteiger partial charge in [0.05, 0.1) is 12.2 Å². The number of hydrogen-bond donors (Lipinski definition) is 2. The zero-order chi connectivity index (χ0) is 15.6. The topological polar surface area (TPSA) is 104 Å². The summed E-state index contributed by atoms with van der Waals surface area (Å²) in [7, 11) is -3.32. The van der Waals surface area contributed by atoms with Crippen molar-refractivity contribution >= 4 is 21.9 Å². The molecule has 8 heteroatoms. The first-order valence-corrected chi connectivity index (χ1v) is 8.45. The minimum atomic E-state index is -3.32. The Balaban J connectivity index is 2.75.